The Balaban J connectivity index is -0.0000000281. The second-order valence-electron chi connectivity index (χ2n) is 1.72. The largest absolute Gasteiger partial charge is 3.00 e. The Morgan fingerprint density at radius 3 is 0.409 bits per heavy atom. The van der Waals surface area contributed by atoms with Crippen LogP contribution in [-0.2, 0) is 62.3 Å². The summed E-state index contributed by atoms with van der Waals surface area (Å²) in [4.78, 5) is 53.6. The summed E-state index contributed by atoms with van der Waals surface area (Å²) in [5.74, 6) is -13.1. The number of carboxylic acids is 6. The minimum Gasteiger partial charge on any atom is -0.543 e. The molecule has 0 spiro atoms. The van der Waals surface area contributed by atoms with Crippen LogP contribution in [0.3, 0.4) is 0 Å². The van der Waals surface area contributed by atoms with Gasteiger partial charge in [-0.15, -0.1) is 0 Å². The summed E-state index contributed by atoms with van der Waals surface area (Å²) < 4.78 is 0. The first-order chi connectivity index (χ1) is 7.93. The SMILES string of the molecule is O.O.O=C([O-])C(=O)[O-].O=C([O-])C(=O)[O-].O=C([O-])C(=O)[O-].[Co+3].[Co+3]. The van der Waals surface area contributed by atoms with Gasteiger partial charge in [0, 0.05) is 0 Å². The number of carboxylic acid groups (broad SMARTS) is 6. The van der Waals surface area contributed by atoms with Crippen LogP contribution in [0.2, 0.25) is 0 Å². The van der Waals surface area contributed by atoms with Gasteiger partial charge in [0.05, 0.1) is 35.8 Å². The van der Waals surface area contributed by atoms with Crippen molar-refractivity contribution in [1.29, 1.82) is 0 Å². The third-order valence-corrected chi connectivity index (χ3v) is 0.500. The molecule has 0 saturated heterocycles. The molecule has 0 saturated carbocycles. The van der Waals surface area contributed by atoms with Gasteiger partial charge in [-0.3, -0.25) is 0 Å². The van der Waals surface area contributed by atoms with Crippen molar-refractivity contribution in [2.45, 2.75) is 0 Å². The Bertz CT molecular complexity index is 282. The van der Waals surface area contributed by atoms with E-state index >= 15 is 0 Å². The molecule has 0 aliphatic rings. The molecular formula is C6H4Co2O14. The predicted molar refractivity (Wildman–Crippen MR) is 37.3 cm³/mol. The minimum absolute atomic E-state index is 0. The van der Waals surface area contributed by atoms with E-state index in [-0.39, 0.29) is 44.5 Å². The monoisotopic (exact) mass is 418 g/mol. The summed E-state index contributed by atoms with van der Waals surface area (Å²) in [5, 5.41) is 53.6. The summed E-state index contributed by atoms with van der Waals surface area (Å²) >= 11 is 0. The summed E-state index contributed by atoms with van der Waals surface area (Å²) in [6.07, 6.45) is 0. The van der Waals surface area contributed by atoms with Crippen molar-refractivity contribution < 1.29 is 104 Å². The third kappa shape index (κ3) is 52.4. The molecule has 0 aliphatic heterocycles. The second-order valence-corrected chi connectivity index (χ2v) is 1.72. The molecule has 0 aromatic rings. The molecule has 0 atom stereocenters. The van der Waals surface area contributed by atoms with E-state index in [1.165, 1.54) is 0 Å². The van der Waals surface area contributed by atoms with Gasteiger partial charge in [-0.1, -0.05) is 0 Å². The van der Waals surface area contributed by atoms with E-state index in [1.54, 1.807) is 0 Å². The van der Waals surface area contributed by atoms with Crippen LogP contribution < -0.4 is 30.6 Å². The van der Waals surface area contributed by atoms with Crippen LogP contribution in [0.4, 0.5) is 0 Å². The number of aliphatic carboxylic acids is 6. The Kier molecular flexibility index (Phi) is 46.2. The number of carbonyl (C=O) groups excluding carboxylic acids is 6. The van der Waals surface area contributed by atoms with Crippen LogP contribution in [0.25, 0.3) is 0 Å². The van der Waals surface area contributed by atoms with Crippen molar-refractivity contribution in [3.05, 3.63) is 0 Å². The van der Waals surface area contributed by atoms with E-state index < -0.39 is 35.8 Å². The fraction of sp³-hybridized carbons (Fsp3) is 0. The molecule has 0 aliphatic carbocycles. The predicted octanol–water partition coefficient (Wildman–Crippen LogP) is -12.2. The van der Waals surface area contributed by atoms with E-state index in [1.807, 2.05) is 0 Å². The van der Waals surface area contributed by atoms with E-state index in [2.05, 4.69) is 0 Å². The molecule has 22 heavy (non-hydrogen) atoms. The first-order valence-corrected chi connectivity index (χ1v) is 3.20. The summed E-state index contributed by atoms with van der Waals surface area (Å²) in [6, 6.07) is 0. The van der Waals surface area contributed by atoms with Crippen molar-refractivity contribution in [2.75, 3.05) is 0 Å². The van der Waals surface area contributed by atoms with Gasteiger partial charge in [0.1, 0.15) is 0 Å². The quantitative estimate of drug-likeness (QED) is 0.331. The summed E-state index contributed by atoms with van der Waals surface area (Å²) in [7, 11) is 0. The third-order valence-electron chi connectivity index (χ3n) is 0.500. The molecular weight excluding hydrogens is 414 g/mol. The zero-order chi connectivity index (χ0) is 15.5. The van der Waals surface area contributed by atoms with Gasteiger partial charge in [0.15, 0.2) is 0 Å². The average molecular weight is 418 g/mol. The topological polar surface area (TPSA) is 304 Å². The molecule has 130 valence electrons. The molecule has 0 radical (unpaired) electrons. The zero-order valence-electron chi connectivity index (χ0n) is 9.57. The van der Waals surface area contributed by atoms with Gasteiger partial charge >= 0.3 is 33.6 Å². The Hall–Kier alpha value is -2.25. The number of rotatable bonds is 0. The van der Waals surface area contributed by atoms with Gasteiger partial charge < -0.3 is 70.4 Å². The van der Waals surface area contributed by atoms with Gasteiger partial charge in [-0.2, -0.15) is 0 Å². The molecule has 0 fully saturated rings. The second kappa shape index (κ2) is 23.8. The van der Waals surface area contributed by atoms with Crippen molar-refractivity contribution in [3.8, 4) is 0 Å². The van der Waals surface area contributed by atoms with E-state index in [4.69, 9.17) is 59.4 Å². The smallest absolute Gasteiger partial charge is 0.543 e. The molecule has 4 N–H and O–H groups in total. The van der Waals surface area contributed by atoms with Crippen LogP contribution in [0, 0.1) is 0 Å². The van der Waals surface area contributed by atoms with Gasteiger partial charge in [-0.25, -0.2) is 0 Å². The number of hydrogen-bond donors (Lipinski definition) is 0. The maximum Gasteiger partial charge on any atom is 3.00 e. The molecule has 0 heterocycles. The normalized spacial score (nSPS) is 6.00. The van der Waals surface area contributed by atoms with Crippen LogP contribution in [-0.4, -0.2) is 46.8 Å². The first-order valence-electron chi connectivity index (χ1n) is 3.20. The first kappa shape index (κ1) is 42.7. The van der Waals surface area contributed by atoms with Crippen LogP contribution in [0.5, 0.6) is 0 Å². The summed E-state index contributed by atoms with van der Waals surface area (Å²) in [6.45, 7) is 0. The summed E-state index contributed by atoms with van der Waals surface area (Å²) in [5.41, 5.74) is 0. The number of hydrogen-bond acceptors (Lipinski definition) is 12. The molecule has 0 amide bonds. The fourth-order valence-corrected chi connectivity index (χ4v) is 0. The van der Waals surface area contributed by atoms with Crippen LogP contribution in [0.1, 0.15) is 0 Å². The van der Waals surface area contributed by atoms with Crippen molar-refractivity contribution >= 4 is 35.8 Å². The molecule has 0 aromatic carbocycles. The average Bonchev–Trinajstić information content (AvgIpc) is 2.18. The number of carbonyl (C=O) groups is 6. The van der Waals surface area contributed by atoms with Crippen LogP contribution >= 0.6 is 0 Å². The molecule has 0 bridgehead atoms. The van der Waals surface area contributed by atoms with E-state index in [0.29, 0.717) is 0 Å². The van der Waals surface area contributed by atoms with E-state index in [0.717, 1.165) is 0 Å². The van der Waals surface area contributed by atoms with Gasteiger partial charge in [-0.05, 0) is 0 Å². The Labute approximate surface area is 140 Å². The van der Waals surface area contributed by atoms with Crippen molar-refractivity contribution in [3.63, 3.8) is 0 Å². The minimum atomic E-state index is -2.19. The molecule has 14 nitrogen and oxygen atoms in total. The van der Waals surface area contributed by atoms with Crippen LogP contribution in [0.15, 0.2) is 0 Å². The Morgan fingerprint density at radius 2 is 0.409 bits per heavy atom. The molecule has 16 heteroatoms. The van der Waals surface area contributed by atoms with Crippen molar-refractivity contribution in [2.24, 2.45) is 0 Å². The Morgan fingerprint density at radius 1 is 0.364 bits per heavy atom. The maximum absolute atomic E-state index is 8.93. The van der Waals surface area contributed by atoms with Gasteiger partial charge in [0.2, 0.25) is 0 Å². The maximum atomic E-state index is 8.93. The fourth-order valence-electron chi connectivity index (χ4n) is 0. The van der Waals surface area contributed by atoms with Gasteiger partial charge in [0.25, 0.3) is 0 Å². The van der Waals surface area contributed by atoms with E-state index in [9.17, 15) is 0 Å². The molecule has 0 unspecified atom stereocenters. The van der Waals surface area contributed by atoms with Crippen molar-refractivity contribution in [1.82, 2.24) is 0 Å². The standard InChI is InChI=1S/3C2H2O4.2Co.2H2O/c3*3-1(4)2(5)6;;;;/h3*(H,3,4)(H,5,6);;;2*1H2/q;;;2*+3;;/p-6. The molecule has 0 aromatic heterocycles. The molecule has 0 rings (SSSR count). The zero-order valence-corrected chi connectivity index (χ0v) is 11.6.